The van der Waals surface area contributed by atoms with Gasteiger partial charge in [0.05, 0.1) is 6.61 Å². The molecule has 1 saturated heterocycles. The van der Waals surface area contributed by atoms with Crippen LogP contribution in [-0.2, 0) is 24.7 Å². The van der Waals surface area contributed by atoms with Gasteiger partial charge in [0.2, 0.25) is 0 Å². The van der Waals surface area contributed by atoms with Crippen molar-refractivity contribution in [2.45, 2.75) is 50.1 Å². The highest BCUT2D eigenvalue weighted by Crippen LogP contribution is 2.40. The fourth-order valence-electron chi connectivity index (χ4n) is 4.35. The number of nitrogens with zero attached hydrogens (tertiary/aromatic N) is 1. The zero-order valence-corrected chi connectivity index (χ0v) is 16.6. The maximum Gasteiger partial charge on any atom is 0.326 e. The first kappa shape index (κ1) is 20.2. The van der Waals surface area contributed by atoms with Gasteiger partial charge in [-0.1, -0.05) is 37.5 Å². The van der Waals surface area contributed by atoms with Crippen LogP contribution in [0.5, 0.6) is 5.75 Å². The molecule has 0 bridgehead atoms. The van der Waals surface area contributed by atoms with E-state index in [1.54, 1.807) is 24.3 Å². The number of carbonyl (C=O) groups is 4. The van der Waals surface area contributed by atoms with Gasteiger partial charge in [-0.15, -0.1) is 0 Å². The molecule has 2 N–H and O–H groups in total. The average Bonchev–Trinajstić information content (AvgIpc) is 2.98. The number of imide groups is 1. The third kappa shape index (κ3) is 3.83. The van der Waals surface area contributed by atoms with E-state index in [0.29, 0.717) is 11.3 Å². The molecule has 4 rings (SSSR count). The number of hydrogen-bond donors (Lipinski definition) is 2. The van der Waals surface area contributed by atoms with E-state index < -0.39 is 36.6 Å². The average molecular weight is 415 g/mol. The SMILES string of the molecule is O=C(COC(=O)CN1C(=O)N[C@@]2(CCOc3ccccc32)C1=O)NC1CCCCC1. The van der Waals surface area contributed by atoms with Gasteiger partial charge in [0.1, 0.15) is 12.3 Å². The summed E-state index contributed by atoms with van der Waals surface area (Å²) in [6.07, 6.45) is 5.44. The summed E-state index contributed by atoms with van der Waals surface area (Å²) in [6.45, 7) is -0.713. The number of rotatable bonds is 5. The van der Waals surface area contributed by atoms with Crippen LogP contribution in [0.3, 0.4) is 0 Å². The molecule has 0 aromatic heterocycles. The van der Waals surface area contributed by atoms with E-state index in [-0.39, 0.29) is 25.0 Å². The molecule has 2 aliphatic heterocycles. The molecule has 4 amide bonds. The summed E-state index contributed by atoms with van der Waals surface area (Å²) in [4.78, 5) is 50.6. The molecule has 1 spiro atoms. The van der Waals surface area contributed by atoms with Gasteiger partial charge in [0.25, 0.3) is 11.8 Å². The molecule has 1 atom stereocenters. The van der Waals surface area contributed by atoms with Crippen molar-refractivity contribution in [2.75, 3.05) is 19.8 Å². The molecule has 160 valence electrons. The molecule has 2 fully saturated rings. The molecule has 30 heavy (non-hydrogen) atoms. The van der Waals surface area contributed by atoms with Crippen LogP contribution in [0.15, 0.2) is 24.3 Å². The van der Waals surface area contributed by atoms with Gasteiger partial charge in [-0.05, 0) is 18.9 Å². The number of benzene rings is 1. The highest BCUT2D eigenvalue weighted by Gasteiger charge is 2.55. The standard InChI is InChI=1S/C21H25N3O6/c25-17(22-14-6-2-1-3-7-14)13-30-18(26)12-24-19(27)21(23-20(24)28)10-11-29-16-9-5-4-8-15(16)21/h4-5,8-9,14H,1-3,6-7,10-13H2,(H,22,25)(H,23,28)/t21-/m1/s1. The molecule has 3 aliphatic rings. The van der Waals surface area contributed by atoms with Crippen molar-refractivity contribution in [2.24, 2.45) is 0 Å². The van der Waals surface area contributed by atoms with Crippen LogP contribution in [0.25, 0.3) is 0 Å². The van der Waals surface area contributed by atoms with E-state index in [1.807, 2.05) is 0 Å². The van der Waals surface area contributed by atoms with Crippen molar-refractivity contribution in [1.29, 1.82) is 0 Å². The van der Waals surface area contributed by atoms with Gasteiger partial charge < -0.3 is 20.1 Å². The van der Waals surface area contributed by atoms with E-state index in [9.17, 15) is 19.2 Å². The van der Waals surface area contributed by atoms with Gasteiger partial charge in [-0.3, -0.25) is 19.3 Å². The van der Waals surface area contributed by atoms with Crippen molar-refractivity contribution in [3.05, 3.63) is 29.8 Å². The second kappa shape index (κ2) is 8.33. The highest BCUT2D eigenvalue weighted by molar-refractivity contribution is 6.09. The predicted octanol–water partition coefficient (Wildman–Crippen LogP) is 1.21. The lowest BCUT2D eigenvalue weighted by Crippen LogP contribution is -2.47. The second-order valence-electron chi connectivity index (χ2n) is 7.88. The lowest BCUT2D eigenvalue weighted by atomic mass is 9.84. The zero-order chi connectivity index (χ0) is 21.1. The summed E-state index contributed by atoms with van der Waals surface area (Å²) in [5.74, 6) is -1.18. The predicted molar refractivity (Wildman–Crippen MR) is 104 cm³/mol. The minimum absolute atomic E-state index is 0.115. The Bertz CT molecular complexity index is 866. The molecule has 9 nitrogen and oxygen atoms in total. The molecule has 0 radical (unpaired) electrons. The van der Waals surface area contributed by atoms with E-state index in [4.69, 9.17) is 9.47 Å². The van der Waals surface area contributed by atoms with Crippen LogP contribution in [0.1, 0.15) is 44.1 Å². The fraction of sp³-hybridized carbons (Fsp3) is 0.524. The van der Waals surface area contributed by atoms with E-state index in [1.165, 1.54) is 6.42 Å². The molecule has 0 unspecified atom stereocenters. The summed E-state index contributed by atoms with van der Waals surface area (Å²) in [5.41, 5.74) is -0.679. The molecule has 1 aromatic carbocycles. The van der Waals surface area contributed by atoms with Crippen molar-refractivity contribution < 1.29 is 28.7 Å². The number of ether oxygens (including phenoxy) is 2. The molecule has 1 aliphatic carbocycles. The number of hydrogen-bond acceptors (Lipinski definition) is 6. The Balaban J connectivity index is 1.35. The van der Waals surface area contributed by atoms with Crippen LogP contribution >= 0.6 is 0 Å². The number of para-hydroxylation sites is 1. The van der Waals surface area contributed by atoms with Gasteiger partial charge in [0, 0.05) is 18.0 Å². The van der Waals surface area contributed by atoms with Gasteiger partial charge in [0.15, 0.2) is 12.1 Å². The van der Waals surface area contributed by atoms with Crippen LogP contribution < -0.4 is 15.4 Å². The first-order chi connectivity index (χ1) is 14.5. The Kier molecular flexibility index (Phi) is 5.61. The lowest BCUT2D eigenvalue weighted by molar-refractivity contribution is -0.151. The van der Waals surface area contributed by atoms with Crippen molar-refractivity contribution in [3.8, 4) is 5.75 Å². The van der Waals surface area contributed by atoms with Crippen molar-refractivity contribution in [1.82, 2.24) is 15.5 Å². The first-order valence-electron chi connectivity index (χ1n) is 10.3. The van der Waals surface area contributed by atoms with Crippen LogP contribution in [0.4, 0.5) is 4.79 Å². The molecular formula is C21H25N3O6. The van der Waals surface area contributed by atoms with Gasteiger partial charge >= 0.3 is 12.0 Å². The molecule has 9 heteroatoms. The minimum atomic E-state index is -1.25. The second-order valence-corrected chi connectivity index (χ2v) is 7.88. The van der Waals surface area contributed by atoms with Crippen molar-refractivity contribution in [3.63, 3.8) is 0 Å². The summed E-state index contributed by atoms with van der Waals surface area (Å²) >= 11 is 0. The first-order valence-corrected chi connectivity index (χ1v) is 10.3. The Labute approximate surface area is 174 Å². The number of nitrogens with one attached hydrogen (secondary N) is 2. The van der Waals surface area contributed by atoms with Crippen LogP contribution in [0.2, 0.25) is 0 Å². The number of fused-ring (bicyclic) bond motifs is 2. The number of urea groups is 1. The third-order valence-electron chi connectivity index (χ3n) is 5.88. The normalized spacial score (nSPS) is 23.5. The van der Waals surface area contributed by atoms with E-state index >= 15 is 0 Å². The summed E-state index contributed by atoms with van der Waals surface area (Å²) in [6, 6.07) is 6.45. The zero-order valence-electron chi connectivity index (χ0n) is 16.6. The summed E-state index contributed by atoms with van der Waals surface area (Å²) in [5, 5.41) is 5.57. The monoisotopic (exact) mass is 415 g/mol. The smallest absolute Gasteiger partial charge is 0.326 e. The van der Waals surface area contributed by atoms with Crippen LogP contribution in [0, 0.1) is 0 Å². The topological polar surface area (TPSA) is 114 Å². The number of amides is 4. The quantitative estimate of drug-likeness (QED) is 0.552. The Morgan fingerprint density at radius 1 is 1.20 bits per heavy atom. The third-order valence-corrected chi connectivity index (χ3v) is 5.88. The summed E-state index contributed by atoms with van der Waals surface area (Å²) < 4.78 is 10.6. The minimum Gasteiger partial charge on any atom is -0.493 e. The van der Waals surface area contributed by atoms with Crippen molar-refractivity contribution >= 4 is 23.8 Å². The lowest BCUT2D eigenvalue weighted by Gasteiger charge is -2.33. The molecular weight excluding hydrogens is 390 g/mol. The molecule has 2 heterocycles. The Hall–Kier alpha value is -3.10. The van der Waals surface area contributed by atoms with Gasteiger partial charge in [-0.2, -0.15) is 0 Å². The van der Waals surface area contributed by atoms with Crippen LogP contribution in [-0.4, -0.2) is 54.5 Å². The molecule has 1 saturated carbocycles. The highest BCUT2D eigenvalue weighted by atomic mass is 16.5. The van der Waals surface area contributed by atoms with Gasteiger partial charge in [-0.25, -0.2) is 4.79 Å². The summed E-state index contributed by atoms with van der Waals surface area (Å²) in [7, 11) is 0. The molecule has 1 aromatic rings. The number of esters is 1. The maximum atomic E-state index is 13.1. The Morgan fingerprint density at radius 3 is 2.77 bits per heavy atom. The largest absolute Gasteiger partial charge is 0.493 e. The Morgan fingerprint density at radius 2 is 1.97 bits per heavy atom. The number of carbonyl (C=O) groups excluding carboxylic acids is 4. The van der Waals surface area contributed by atoms with E-state index in [2.05, 4.69) is 10.6 Å². The van der Waals surface area contributed by atoms with E-state index in [0.717, 1.165) is 30.6 Å². The maximum absolute atomic E-state index is 13.1. The fourth-order valence-corrected chi connectivity index (χ4v) is 4.35.